The van der Waals surface area contributed by atoms with Gasteiger partial charge in [-0.3, -0.25) is 9.59 Å². The number of hydrogen-bond donors (Lipinski definition) is 0. The smallest absolute Gasteiger partial charge is 0.276 e. The summed E-state index contributed by atoms with van der Waals surface area (Å²) in [6.07, 6.45) is 6.03. The Morgan fingerprint density at radius 1 is 0.967 bits per heavy atom. The summed E-state index contributed by atoms with van der Waals surface area (Å²) in [5.41, 5.74) is 1.86. The van der Waals surface area contributed by atoms with Gasteiger partial charge in [0.1, 0.15) is 0 Å². The molecule has 0 saturated carbocycles. The minimum absolute atomic E-state index is 0.117. The number of benzene rings is 1. The first-order valence-corrected chi connectivity index (χ1v) is 10.3. The molecule has 2 aliphatic rings. The van der Waals surface area contributed by atoms with E-state index >= 15 is 0 Å². The Morgan fingerprint density at radius 3 is 2.53 bits per heavy atom. The zero-order valence-electron chi connectivity index (χ0n) is 16.6. The summed E-state index contributed by atoms with van der Waals surface area (Å²) in [7, 11) is 0. The van der Waals surface area contributed by atoms with Crippen LogP contribution in [0.4, 0.5) is 5.69 Å². The Kier molecular flexibility index (Phi) is 4.78. The lowest BCUT2D eigenvalue weighted by Gasteiger charge is -2.34. The van der Waals surface area contributed by atoms with Gasteiger partial charge >= 0.3 is 0 Å². The number of amides is 1. The van der Waals surface area contributed by atoms with Crippen LogP contribution in [0.25, 0.3) is 5.69 Å². The van der Waals surface area contributed by atoms with Gasteiger partial charge in [-0.15, -0.1) is 5.10 Å². The zero-order chi connectivity index (χ0) is 20.5. The van der Waals surface area contributed by atoms with E-state index in [4.69, 9.17) is 0 Å². The molecule has 1 amide bonds. The average Bonchev–Trinajstić information content (AvgIpc) is 3.23. The molecule has 30 heavy (non-hydrogen) atoms. The number of rotatable bonds is 4. The number of aromatic nitrogens is 5. The van der Waals surface area contributed by atoms with Crippen molar-refractivity contribution in [2.45, 2.75) is 25.3 Å². The molecule has 0 N–H and O–H groups in total. The quantitative estimate of drug-likeness (QED) is 0.654. The minimum Gasteiger partial charge on any atom is -0.370 e. The predicted octanol–water partition coefficient (Wildman–Crippen LogP) is 1.51. The normalized spacial score (nSPS) is 18.9. The number of nitrogens with zero attached hydrogens (tertiary/aromatic N) is 7. The lowest BCUT2D eigenvalue weighted by Crippen LogP contribution is -2.44. The topological polar surface area (TPSA) is 89.2 Å². The number of piperidine rings is 1. The van der Waals surface area contributed by atoms with Gasteiger partial charge < -0.3 is 9.80 Å². The van der Waals surface area contributed by atoms with Crippen LogP contribution in [-0.2, 0) is 0 Å². The van der Waals surface area contributed by atoms with Crippen molar-refractivity contribution in [1.29, 1.82) is 0 Å². The number of anilines is 1. The Morgan fingerprint density at radius 2 is 1.80 bits per heavy atom. The predicted molar refractivity (Wildman–Crippen MR) is 111 cm³/mol. The molecule has 9 nitrogen and oxygen atoms in total. The van der Waals surface area contributed by atoms with Gasteiger partial charge in [0.05, 0.1) is 29.8 Å². The second-order valence-corrected chi connectivity index (χ2v) is 7.74. The monoisotopic (exact) mass is 405 g/mol. The van der Waals surface area contributed by atoms with Crippen LogP contribution in [0, 0.1) is 0 Å². The molecule has 2 aliphatic heterocycles. The van der Waals surface area contributed by atoms with Gasteiger partial charge in [0.25, 0.3) is 11.5 Å². The van der Waals surface area contributed by atoms with Crippen molar-refractivity contribution >= 4 is 11.6 Å². The zero-order valence-corrected chi connectivity index (χ0v) is 16.6. The largest absolute Gasteiger partial charge is 0.370 e. The summed E-state index contributed by atoms with van der Waals surface area (Å²) in [5.74, 6) is -0.174. The van der Waals surface area contributed by atoms with Gasteiger partial charge in [0, 0.05) is 32.2 Å². The molecular formula is C21H23N7O2. The first-order valence-electron chi connectivity index (χ1n) is 10.3. The van der Waals surface area contributed by atoms with Crippen molar-refractivity contribution in [2.24, 2.45) is 0 Å². The third-order valence-corrected chi connectivity index (χ3v) is 5.76. The van der Waals surface area contributed by atoms with E-state index in [-0.39, 0.29) is 17.5 Å². The molecule has 1 aromatic carbocycles. The molecule has 2 fully saturated rings. The molecule has 1 atom stereocenters. The highest BCUT2D eigenvalue weighted by Gasteiger charge is 2.28. The number of hydrogen-bond acceptors (Lipinski definition) is 6. The molecule has 154 valence electrons. The standard InChI is InChI=1S/C21H23N7O2/c29-20-12-18(25-10-5-11-25)13-22-27(20)17-8-4-9-26(15-17)21(30)19-14-23-28(24-19)16-6-2-1-3-7-16/h1-3,6-7,12-14,17H,4-5,8-11,15H2/t17-/m0/s1. The molecule has 4 heterocycles. The number of para-hydroxylation sites is 1. The summed E-state index contributed by atoms with van der Waals surface area (Å²) in [6, 6.07) is 11.0. The molecule has 0 spiro atoms. The maximum Gasteiger partial charge on any atom is 0.276 e. The molecule has 2 saturated heterocycles. The van der Waals surface area contributed by atoms with Gasteiger partial charge in [-0.05, 0) is 31.4 Å². The average molecular weight is 405 g/mol. The second kappa shape index (κ2) is 7.74. The third kappa shape index (κ3) is 3.47. The van der Waals surface area contributed by atoms with Gasteiger partial charge in [0.15, 0.2) is 5.69 Å². The minimum atomic E-state index is -0.174. The van der Waals surface area contributed by atoms with Crippen LogP contribution in [0.15, 0.2) is 53.6 Å². The molecule has 5 rings (SSSR count). The molecule has 2 aromatic heterocycles. The van der Waals surface area contributed by atoms with Crippen molar-refractivity contribution < 1.29 is 4.79 Å². The van der Waals surface area contributed by atoms with E-state index in [1.165, 1.54) is 15.7 Å². The Hall–Kier alpha value is -3.49. The highest BCUT2D eigenvalue weighted by Crippen LogP contribution is 2.22. The van der Waals surface area contributed by atoms with Crippen molar-refractivity contribution in [3.63, 3.8) is 0 Å². The molecule has 0 unspecified atom stereocenters. The molecule has 3 aromatic rings. The summed E-state index contributed by atoms with van der Waals surface area (Å²) in [6.45, 7) is 3.02. The van der Waals surface area contributed by atoms with Crippen LogP contribution in [-0.4, -0.2) is 61.8 Å². The second-order valence-electron chi connectivity index (χ2n) is 7.74. The highest BCUT2D eigenvalue weighted by molar-refractivity contribution is 5.92. The van der Waals surface area contributed by atoms with Gasteiger partial charge in [-0.2, -0.15) is 15.0 Å². The summed E-state index contributed by atoms with van der Waals surface area (Å²) < 4.78 is 1.52. The Bertz CT molecular complexity index is 1100. The van der Waals surface area contributed by atoms with E-state index in [2.05, 4.69) is 20.2 Å². The fourth-order valence-electron chi connectivity index (χ4n) is 3.98. The van der Waals surface area contributed by atoms with Crippen LogP contribution in [0.3, 0.4) is 0 Å². The van der Waals surface area contributed by atoms with Crippen LogP contribution >= 0.6 is 0 Å². The fraction of sp³-hybridized carbons (Fsp3) is 0.381. The molecule has 0 radical (unpaired) electrons. The van der Waals surface area contributed by atoms with Crippen LogP contribution < -0.4 is 10.5 Å². The summed E-state index contributed by atoms with van der Waals surface area (Å²) >= 11 is 0. The first-order chi connectivity index (χ1) is 14.7. The molecular weight excluding hydrogens is 382 g/mol. The SMILES string of the molecule is O=C(c1cnn(-c2ccccc2)n1)N1CCC[C@H](n2ncc(N3CCC3)cc2=O)C1. The number of carbonyl (C=O) groups is 1. The highest BCUT2D eigenvalue weighted by atomic mass is 16.2. The third-order valence-electron chi connectivity index (χ3n) is 5.76. The fourth-order valence-corrected chi connectivity index (χ4v) is 3.98. The Labute approximate surface area is 173 Å². The van der Waals surface area contributed by atoms with Gasteiger partial charge in [-0.25, -0.2) is 4.68 Å². The molecule has 0 bridgehead atoms. The lowest BCUT2D eigenvalue weighted by molar-refractivity contribution is 0.0663. The number of likely N-dealkylation sites (tertiary alicyclic amines) is 1. The number of carbonyl (C=O) groups excluding carboxylic acids is 1. The van der Waals surface area contributed by atoms with Crippen molar-refractivity contribution in [3.8, 4) is 5.69 Å². The summed E-state index contributed by atoms with van der Waals surface area (Å²) in [4.78, 5) is 31.0. The van der Waals surface area contributed by atoms with Crippen molar-refractivity contribution in [2.75, 3.05) is 31.1 Å². The van der Waals surface area contributed by atoms with E-state index in [9.17, 15) is 9.59 Å². The summed E-state index contributed by atoms with van der Waals surface area (Å²) in [5, 5.41) is 13.0. The maximum atomic E-state index is 13.0. The van der Waals surface area contributed by atoms with Crippen LogP contribution in [0.5, 0.6) is 0 Å². The van der Waals surface area contributed by atoms with Crippen molar-refractivity contribution in [1.82, 2.24) is 29.7 Å². The van der Waals surface area contributed by atoms with E-state index < -0.39 is 0 Å². The Balaban J connectivity index is 1.31. The first kappa shape index (κ1) is 18.5. The van der Waals surface area contributed by atoms with Gasteiger partial charge in [-0.1, -0.05) is 18.2 Å². The van der Waals surface area contributed by atoms with Crippen molar-refractivity contribution in [3.05, 3.63) is 64.8 Å². The maximum absolute atomic E-state index is 13.0. The van der Waals surface area contributed by atoms with Crippen LogP contribution in [0.2, 0.25) is 0 Å². The molecule has 9 heteroatoms. The van der Waals surface area contributed by atoms with Crippen LogP contribution in [0.1, 0.15) is 35.8 Å². The van der Waals surface area contributed by atoms with Gasteiger partial charge in [0.2, 0.25) is 0 Å². The lowest BCUT2D eigenvalue weighted by atomic mass is 10.1. The van der Waals surface area contributed by atoms with E-state index in [1.807, 2.05) is 30.3 Å². The van der Waals surface area contributed by atoms with E-state index in [1.54, 1.807) is 17.2 Å². The molecule has 0 aliphatic carbocycles. The van der Waals surface area contributed by atoms with E-state index in [0.717, 1.165) is 43.7 Å². The van der Waals surface area contributed by atoms with E-state index in [0.29, 0.717) is 18.8 Å².